The summed E-state index contributed by atoms with van der Waals surface area (Å²) in [6.07, 6.45) is -6.33. The number of carbonyl (C=O) groups excluding carboxylic acids is 1. The molecule has 0 aromatic heterocycles. The summed E-state index contributed by atoms with van der Waals surface area (Å²) in [5, 5.41) is 28.7. The molecule has 0 radical (unpaired) electrons. The van der Waals surface area contributed by atoms with E-state index in [0.29, 0.717) is 11.1 Å². The van der Waals surface area contributed by atoms with Crippen molar-refractivity contribution in [3.63, 3.8) is 0 Å². The van der Waals surface area contributed by atoms with Gasteiger partial charge in [-0.25, -0.2) is 4.79 Å². The van der Waals surface area contributed by atoms with Crippen LogP contribution in [0.4, 0.5) is 29.3 Å². The van der Waals surface area contributed by atoms with Crippen molar-refractivity contribution in [2.75, 3.05) is 10.4 Å². The van der Waals surface area contributed by atoms with Gasteiger partial charge in [-0.2, -0.15) is 15.2 Å². The van der Waals surface area contributed by atoms with E-state index in [0.717, 1.165) is 17.1 Å². The molecule has 0 saturated carbocycles. The molecule has 1 aliphatic rings. The Morgan fingerprint density at radius 1 is 1.05 bits per heavy atom. The van der Waals surface area contributed by atoms with E-state index in [1.807, 2.05) is 0 Å². The van der Waals surface area contributed by atoms with Crippen LogP contribution < -0.4 is 19.9 Å². The van der Waals surface area contributed by atoms with Crippen molar-refractivity contribution < 1.29 is 42.4 Å². The summed E-state index contributed by atoms with van der Waals surface area (Å²) < 4.78 is 45.6. The van der Waals surface area contributed by atoms with Crippen molar-refractivity contribution in [3.05, 3.63) is 66.7 Å². The molecule has 0 spiro atoms. The van der Waals surface area contributed by atoms with Crippen molar-refractivity contribution in [2.24, 2.45) is 10.2 Å². The number of nitrogens with zero attached hydrogens (tertiary/aromatic N) is 3. The maximum atomic E-state index is 12.9. The number of anilines is 2. The average Bonchev–Trinajstić information content (AvgIpc) is 3.11. The molecule has 0 bridgehead atoms. The van der Waals surface area contributed by atoms with E-state index in [-0.39, 0.29) is 34.3 Å². The zero-order chi connectivity index (χ0) is 26.7. The topological polar surface area (TPSA) is 133 Å². The molecule has 10 nitrogen and oxygen atoms in total. The van der Waals surface area contributed by atoms with Crippen molar-refractivity contribution >= 4 is 34.9 Å². The molecule has 4 rings (SSSR count). The number of hydrogen-bond donors (Lipinski definition) is 3. The molecule has 1 amide bonds. The van der Waals surface area contributed by atoms with Crippen molar-refractivity contribution in [3.8, 4) is 28.4 Å². The Bertz CT molecular complexity index is 1420. The Labute approximate surface area is 206 Å². The number of alkyl halides is 3. The quantitative estimate of drug-likeness (QED) is 0.178. The molecule has 3 aromatic rings. The fourth-order valence-corrected chi connectivity index (χ4v) is 3.40. The normalized spacial score (nSPS) is 14.5. The molecule has 37 heavy (non-hydrogen) atoms. The lowest BCUT2D eigenvalue weighted by atomic mass is 10.0. The van der Waals surface area contributed by atoms with E-state index < -0.39 is 24.2 Å². The van der Waals surface area contributed by atoms with Crippen molar-refractivity contribution in [1.82, 2.24) is 0 Å². The first-order valence-electron chi connectivity index (χ1n) is 10.4. The van der Waals surface area contributed by atoms with Gasteiger partial charge in [-0.1, -0.05) is 24.3 Å². The molecule has 0 atom stereocenters. The number of aromatic hydroxyl groups is 1. The monoisotopic (exact) mass is 514 g/mol. The summed E-state index contributed by atoms with van der Waals surface area (Å²) in [6.45, 7) is 1.52. The first kappa shape index (κ1) is 25.0. The summed E-state index contributed by atoms with van der Waals surface area (Å²) in [7, 11) is 0. The highest BCUT2D eigenvalue weighted by atomic mass is 19.4. The van der Waals surface area contributed by atoms with E-state index in [2.05, 4.69) is 25.1 Å². The first-order valence-corrected chi connectivity index (χ1v) is 10.4. The highest BCUT2D eigenvalue weighted by Crippen LogP contribution is 2.37. The Morgan fingerprint density at radius 3 is 2.43 bits per heavy atom. The summed E-state index contributed by atoms with van der Waals surface area (Å²) in [5.41, 5.74) is 3.89. The van der Waals surface area contributed by atoms with Gasteiger partial charge in [-0.15, -0.1) is 13.2 Å². The molecule has 1 heterocycles. The molecule has 0 saturated heterocycles. The fraction of sp³-hybridized carbons (Fsp3) is 0.0833. The number of hydrazone groups is 2. The van der Waals surface area contributed by atoms with Crippen LogP contribution in [0.1, 0.15) is 6.92 Å². The second-order valence-corrected chi connectivity index (χ2v) is 7.51. The number of benzene rings is 3. The zero-order valence-corrected chi connectivity index (χ0v) is 18.9. The Balaban J connectivity index is 1.53. The SMILES string of the molecule is CC1=NN(c2ccc(OC(F)(F)F)cc2)C(=O)C1=NNc1cccc(-c2cccc(OC(=O)O)c2)c1O. The third kappa shape index (κ3) is 5.78. The van der Waals surface area contributed by atoms with Crippen LogP contribution in [0, 0.1) is 0 Å². The van der Waals surface area contributed by atoms with Gasteiger partial charge in [-0.3, -0.25) is 10.2 Å². The molecule has 3 N–H and O–H groups in total. The summed E-state index contributed by atoms with van der Waals surface area (Å²) in [6, 6.07) is 15.4. The highest BCUT2D eigenvalue weighted by molar-refractivity contribution is 6.71. The van der Waals surface area contributed by atoms with E-state index in [9.17, 15) is 27.9 Å². The van der Waals surface area contributed by atoms with Gasteiger partial charge >= 0.3 is 18.4 Å². The highest BCUT2D eigenvalue weighted by Gasteiger charge is 2.33. The van der Waals surface area contributed by atoms with E-state index in [4.69, 9.17) is 5.11 Å². The Morgan fingerprint density at radius 2 is 1.76 bits per heavy atom. The minimum atomic E-state index is -4.84. The molecular formula is C24H17F3N4O6. The van der Waals surface area contributed by atoms with Gasteiger partial charge < -0.3 is 19.7 Å². The minimum Gasteiger partial charge on any atom is -0.505 e. The van der Waals surface area contributed by atoms with Crippen LogP contribution in [0.5, 0.6) is 17.2 Å². The van der Waals surface area contributed by atoms with Crippen LogP contribution in [0.15, 0.2) is 76.9 Å². The molecule has 3 aromatic carbocycles. The molecule has 0 aliphatic carbocycles. The third-order valence-electron chi connectivity index (χ3n) is 4.98. The van der Waals surface area contributed by atoms with Crippen molar-refractivity contribution in [1.29, 1.82) is 0 Å². The molecule has 13 heteroatoms. The smallest absolute Gasteiger partial charge is 0.505 e. The van der Waals surface area contributed by atoms with Gasteiger partial charge in [0.15, 0.2) is 5.71 Å². The summed E-state index contributed by atoms with van der Waals surface area (Å²) in [4.78, 5) is 23.7. The number of carboxylic acid groups (broad SMARTS) is 1. The molecule has 190 valence electrons. The maximum Gasteiger partial charge on any atom is 0.573 e. The van der Waals surface area contributed by atoms with Crippen LogP contribution in [0.2, 0.25) is 0 Å². The lowest BCUT2D eigenvalue weighted by Gasteiger charge is -2.13. The molecule has 1 aliphatic heterocycles. The number of halogens is 3. The average molecular weight is 514 g/mol. The lowest BCUT2D eigenvalue weighted by molar-refractivity contribution is -0.274. The van der Waals surface area contributed by atoms with E-state index in [1.165, 1.54) is 37.3 Å². The largest absolute Gasteiger partial charge is 0.573 e. The number of phenolic OH excluding ortho intramolecular Hbond substituents is 1. The van der Waals surface area contributed by atoms with Gasteiger partial charge in [0.2, 0.25) is 0 Å². The molecular weight excluding hydrogens is 497 g/mol. The maximum absolute atomic E-state index is 12.9. The Hall–Kier alpha value is -5.07. The van der Waals surface area contributed by atoms with E-state index >= 15 is 0 Å². The number of ether oxygens (including phenoxy) is 2. The predicted octanol–water partition coefficient (Wildman–Crippen LogP) is 5.21. The van der Waals surface area contributed by atoms with Gasteiger partial charge in [0.1, 0.15) is 17.2 Å². The number of nitrogens with one attached hydrogen (secondary N) is 1. The lowest BCUT2D eigenvalue weighted by Crippen LogP contribution is -2.28. The number of rotatable bonds is 6. The predicted molar refractivity (Wildman–Crippen MR) is 127 cm³/mol. The standard InChI is InChI=1S/C24H17F3N4O6/c1-13-20(22(33)31(30-13)15-8-10-16(11-9-15)37-24(25,26)27)29-28-19-7-3-6-18(21(19)32)14-4-2-5-17(12-14)36-23(34)35/h2-12,28,32H,1H3,(H,34,35). The van der Waals surface area contributed by atoms with Crippen LogP contribution in [0.3, 0.4) is 0 Å². The summed E-state index contributed by atoms with van der Waals surface area (Å²) >= 11 is 0. The molecule has 0 unspecified atom stereocenters. The number of phenols is 1. The van der Waals surface area contributed by atoms with Gasteiger partial charge in [0.05, 0.1) is 17.1 Å². The van der Waals surface area contributed by atoms with Gasteiger partial charge in [-0.05, 0) is 55.0 Å². The second-order valence-electron chi connectivity index (χ2n) is 7.51. The van der Waals surface area contributed by atoms with E-state index in [1.54, 1.807) is 24.3 Å². The Kier molecular flexibility index (Phi) is 6.69. The third-order valence-corrected chi connectivity index (χ3v) is 4.98. The van der Waals surface area contributed by atoms with Crippen molar-refractivity contribution in [2.45, 2.75) is 13.3 Å². The van der Waals surface area contributed by atoms with Crippen LogP contribution >= 0.6 is 0 Å². The van der Waals surface area contributed by atoms with Gasteiger partial charge in [0.25, 0.3) is 0 Å². The number of para-hydroxylation sites is 1. The zero-order valence-electron chi connectivity index (χ0n) is 18.9. The molecule has 0 fully saturated rings. The summed E-state index contributed by atoms with van der Waals surface area (Å²) in [5.74, 6) is -1.26. The number of amides is 1. The fourth-order valence-electron chi connectivity index (χ4n) is 3.40. The van der Waals surface area contributed by atoms with Crippen LogP contribution in [0.25, 0.3) is 11.1 Å². The minimum absolute atomic E-state index is 0.0597. The number of hydrogen-bond acceptors (Lipinski definition) is 8. The second kappa shape index (κ2) is 9.89. The van der Waals surface area contributed by atoms with Crippen LogP contribution in [-0.2, 0) is 4.79 Å². The first-order chi connectivity index (χ1) is 17.5. The van der Waals surface area contributed by atoms with Crippen LogP contribution in [-0.4, -0.2) is 40.1 Å². The number of carbonyl (C=O) groups is 2. The van der Waals surface area contributed by atoms with Gasteiger partial charge in [0, 0.05) is 5.56 Å².